The zero-order chi connectivity index (χ0) is 32.5. The highest BCUT2D eigenvalue weighted by Gasteiger charge is 2.33. The molecule has 0 saturated heterocycles. The van der Waals surface area contributed by atoms with Gasteiger partial charge in [-0.25, -0.2) is 14.2 Å². The fourth-order valence-electron chi connectivity index (χ4n) is 5.80. The molecule has 9 heteroatoms. The number of benzene rings is 3. The first-order valence-corrected chi connectivity index (χ1v) is 15.9. The number of fused-ring (bicyclic) bond motifs is 1. The van der Waals surface area contributed by atoms with Crippen LogP contribution in [-0.2, 0) is 16.1 Å². The predicted molar refractivity (Wildman–Crippen MR) is 178 cm³/mol. The third kappa shape index (κ3) is 5.86. The highest BCUT2D eigenvalue weighted by Crippen LogP contribution is 2.31. The smallest absolute Gasteiger partial charge is 0.338 e. The number of allylic oxidation sites excluding steroid dienone is 1. The first kappa shape index (κ1) is 31.0. The maximum atomic E-state index is 14.1. The zero-order valence-corrected chi connectivity index (χ0v) is 27.2. The Labute approximate surface area is 270 Å². The predicted octanol–water partition coefficient (Wildman–Crippen LogP) is 6.23. The second kappa shape index (κ2) is 12.8. The van der Waals surface area contributed by atoms with Crippen molar-refractivity contribution in [3.8, 4) is 11.4 Å². The number of halogens is 1. The Kier molecular flexibility index (Phi) is 8.60. The summed E-state index contributed by atoms with van der Waals surface area (Å²) in [5.41, 5.74) is 6.86. The Morgan fingerprint density at radius 1 is 1.00 bits per heavy atom. The van der Waals surface area contributed by atoms with E-state index in [-0.39, 0.29) is 24.6 Å². The Bertz CT molecular complexity index is 2160. The lowest BCUT2D eigenvalue weighted by Crippen LogP contribution is -2.39. The van der Waals surface area contributed by atoms with Crippen molar-refractivity contribution in [2.45, 2.75) is 47.3 Å². The normalized spacial score (nSPS) is 14.7. The molecule has 0 amide bonds. The van der Waals surface area contributed by atoms with Gasteiger partial charge >= 0.3 is 5.97 Å². The van der Waals surface area contributed by atoms with Crippen LogP contribution in [0.3, 0.4) is 0 Å². The van der Waals surface area contributed by atoms with Crippen LogP contribution in [0.5, 0.6) is 5.75 Å². The highest BCUT2D eigenvalue weighted by atomic mass is 32.1. The fraction of sp³-hybridized carbons (Fsp3) is 0.216. The molecule has 46 heavy (non-hydrogen) atoms. The van der Waals surface area contributed by atoms with Crippen LogP contribution >= 0.6 is 11.3 Å². The van der Waals surface area contributed by atoms with Gasteiger partial charge in [-0.3, -0.25) is 9.36 Å². The number of ether oxygens (including phenoxy) is 2. The van der Waals surface area contributed by atoms with E-state index in [0.717, 1.165) is 33.8 Å². The van der Waals surface area contributed by atoms with E-state index in [1.165, 1.54) is 17.4 Å². The molecule has 0 bridgehead atoms. The minimum atomic E-state index is -0.649. The quantitative estimate of drug-likeness (QED) is 0.190. The van der Waals surface area contributed by atoms with Crippen molar-refractivity contribution in [2.24, 2.45) is 4.99 Å². The molecular weight excluding hydrogens is 601 g/mol. The molecule has 2 aromatic heterocycles. The lowest BCUT2D eigenvalue weighted by molar-refractivity contribution is -0.139. The van der Waals surface area contributed by atoms with Crippen LogP contribution < -0.4 is 19.6 Å². The molecule has 5 aromatic rings. The van der Waals surface area contributed by atoms with Gasteiger partial charge in [-0.2, -0.15) is 0 Å². The molecule has 0 radical (unpaired) electrons. The molecule has 6 rings (SSSR count). The van der Waals surface area contributed by atoms with Gasteiger partial charge < -0.3 is 14.0 Å². The Morgan fingerprint density at radius 3 is 2.41 bits per heavy atom. The average molecular weight is 636 g/mol. The number of thiazole rings is 1. The lowest BCUT2D eigenvalue weighted by Gasteiger charge is -2.24. The monoisotopic (exact) mass is 635 g/mol. The average Bonchev–Trinajstić information content (AvgIpc) is 3.50. The molecule has 0 saturated carbocycles. The van der Waals surface area contributed by atoms with Gasteiger partial charge in [0.15, 0.2) is 4.80 Å². The fourth-order valence-corrected chi connectivity index (χ4v) is 6.83. The summed E-state index contributed by atoms with van der Waals surface area (Å²) in [6.45, 7) is 9.93. The molecule has 0 N–H and O–H groups in total. The van der Waals surface area contributed by atoms with E-state index in [9.17, 15) is 14.0 Å². The largest absolute Gasteiger partial charge is 0.489 e. The van der Waals surface area contributed by atoms with E-state index in [0.29, 0.717) is 31.9 Å². The topological polar surface area (TPSA) is 74.8 Å². The van der Waals surface area contributed by atoms with Crippen LogP contribution in [-0.4, -0.2) is 21.7 Å². The molecule has 7 nitrogen and oxygen atoms in total. The summed E-state index contributed by atoms with van der Waals surface area (Å²) in [4.78, 5) is 32.4. The van der Waals surface area contributed by atoms with Crippen LogP contribution in [0.25, 0.3) is 11.8 Å². The summed E-state index contributed by atoms with van der Waals surface area (Å²) >= 11 is 1.30. The van der Waals surface area contributed by atoms with Crippen molar-refractivity contribution in [2.75, 3.05) is 6.61 Å². The maximum Gasteiger partial charge on any atom is 0.338 e. The van der Waals surface area contributed by atoms with Gasteiger partial charge in [-0.15, -0.1) is 0 Å². The van der Waals surface area contributed by atoms with Gasteiger partial charge in [0.1, 0.15) is 18.2 Å². The van der Waals surface area contributed by atoms with Crippen molar-refractivity contribution in [3.63, 3.8) is 0 Å². The van der Waals surface area contributed by atoms with Crippen molar-refractivity contribution in [3.05, 3.63) is 149 Å². The molecule has 1 aliphatic rings. The zero-order valence-electron chi connectivity index (χ0n) is 26.3. The van der Waals surface area contributed by atoms with Crippen molar-refractivity contribution in [1.29, 1.82) is 0 Å². The van der Waals surface area contributed by atoms with Crippen LogP contribution in [0.2, 0.25) is 0 Å². The summed E-state index contributed by atoms with van der Waals surface area (Å²) in [6.07, 6.45) is 1.89. The SMILES string of the molecule is CCOC(=O)C1=C(C)N=c2s/c(=C\c3cc(C)n(-c4ccc(OCc5ccccc5F)cc4)c3C)c(=O)n2[C@@H]1c1ccc(C)cc1. The minimum Gasteiger partial charge on any atom is -0.489 e. The number of carbonyl (C=O) groups is 1. The van der Waals surface area contributed by atoms with E-state index in [2.05, 4.69) is 9.56 Å². The molecule has 0 aliphatic carbocycles. The van der Waals surface area contributed by atoms with E-state index >= 15 is 0 Å². The number of esters is 1. The van der Waals surface area contributed by atoms with Gasteiger partial charge in [-0.1, -0.05) is 59.4 Å². The summed E-state index contributed by atoms with van der Waals surface area (Å²) in [5, 5.41) is 0. The van der Waals surface area contributed by atoms with E-state index < -0.39 is 12.0 Å². The standard InChI is InChI=1S/C37H34FN3O4S/c1-6-44-36(43)33-24(4)39-37-41(34(33)26-13-11-22(2)12-14-26)35(42)32(46-37)20-28-19-23(3)40(25(28)5)29-15-17-30(18-16-29)45-21-27-9-7-8-10-31(27)38/h7-20,34H,6,21H2,1-5H3/b32-20-/t34-/m1/s1. The molecule has 1 aliphatic heterocycles. The first-order chi connectivity index (χ1) is 22.2. The van der Waals surface area contributed by atoms with E-state index in [1.807, 2.05) is 81.4 Å². The minimum absolute atomic E-state index is 0.139. The maximum absolute atomic E-state index is 14.1. The number of aryl methyl sites for hydroxylation is 2. The Balaban J connectivity index is 1.35. The van der Waals surface area contributed by atoms with Crippen LogP contribution in [0.15, 0.2) is 99.9 Å². The molecule has 0 unspecified atom stereocenters. The highest BCUT2D eigenvalue weighted by molar-refractivity contribution is 7.07. The molecule has 0 fully saturated rings. The number of nitrogens with zero attached hydrogens (tertiary/aromatic N) is 3. The second-order valence-corrected chi connectivity index (χ2v) is 12.3. The van der Waals surface area contributed by atoms with Crippen molar-refractivity contribution < 1.29 is 18.7 Å². The summed E-state index contributed by atoms with van der Waals surface area (Å²) in [5.74, 6) is -0.134. The number of rotatable bonds is 8. The Hall–Kier alpha value is -5.02. The van der Waals surface area contributed by atoms with Gasteiger partial charge in [0, 0.05) is 22.6 Å². The van der Waals surface area contributed by atoms with E-state index in [4.69, 9.17) is 9.47 Å². The second-order valence-electron chi connectivity index (χ2n) is 11.2. The molecule has 3 aromatic carbocycles. The molecular formula is C37H34FN3O4S. The summed E-state index contributed by atoms with van der Waals surface area (Å²) < 4.78 is 29.5. The first-order valence-electron chi connectivity index (χ1n) is 15.1. The number of hydrogen-bond donors (Lipinski definition) is 0. The summed E-state index contributed by atoms with van der Waals surface area (Å²) in [7, 11) is 0. The molecule has 234 valence electrons. The summed E-state index contributed by atoms with van der Waals surface area (Å²) in [6, 6.07) is 23.4. The third-order valence-corrected chi connectivity index (χ3v) is 9.10. The lowest BCUT2D eigenvalue weighted by atomic mass is 9.95. The van der Waals surface area contributed by atoms with Gasteiger partial charge in [-0.05, 0) is 88.2 Å². The van der Waals surface area contributed by atoms with Gasteiger partial charge in [0.2, 0.25) is 0 Å². The van der Waals surface area contributed by atoms with Crippen molar-refractivity contribution in [1.82, 2.24) is 9.13 Å². The van der Waals surface area contributed by atoms with Crippen LogP contribution in [0, 0.1) is 26.6 Å². The van der Waals surface area contributed by atoms with E-state index in [1.54, 1.807) is 36.6 Å². The van der Waals surface area contributed by atoms with Gasteiger partial charge in [0.25, 0.3) is 5.56 Å². The Morgan fingerprint density at radius 2 is 1.72 bits per heavy atom. The van der Waals surface area contributed by atoms with Gasteiger partial charge in [0.05, 0.1) is 28.5 Å². The van der Waals surface area contributed by atoms with Crippen molar-refractivity contribution >= 4 is 23.4 Å². The molecule has 0 spiro atoms. The molecule has 3 heterocycles. The third-order valence-electron chi connectivity index (χ3n) is 8.11. The molecule has 1 atom stereocenters. The number of aromatic nitrogens is 2. The number of hydrogen-bond acceptors (Lipinski definition) is 6. The van der Waals surface area contributed by atoms with Crippen LogP contribution in [0.1, 0.15) is 53.5 Å². The number of carbonyl (C=O) groups excluding carboxylic acids is 1. The van der Waals surface area contributed by atoms with Crippen LogP contribution in [0.4, 0.5) is 4.39 Å².